The number of ketones is 1. The lowest BCUT2D eigenvalue weighted by Gasteiger charge is -2.33. The number of allylic oxidation sites excluding steroid dienone is 2. The van der Waals surface area contributed by atoms with Gasteiger partial charge in [-0.2, -0.15) is 0 Å². The van der Waals surface area contributed by atoms with E-state index in [-0.39, 0.29) is 23.8 Å². The van der Waals surface area contributed by atoms with E-state index in [0.717, 1.165) is 0 Å². The number of benzene rings is 2. The van der Waals surface area contributed by atoms with Gasteiger partial charge in [0, 0.05) is 29.3 Å². The highest BCUT2D eigenvalue weighted by Gasteiger charge is 2.48. The van der Waals surface area contributed by atoms with Gasteiger partial charge in [0.25, 0.3) is 5.69 Å². The number of carbonyl (C=O) groups is 2. The van der Waals surface area contributed by atoms with Crippen LogP contribution in [0, 0.1) is 16.0 Å². The van der Waals surface area contributed by atoms with Crippen LogP contribution in [-0.2, 0) is 14.3 Å². The summed E-state index contributed by atoms with van der Waals surface area (Å²) in [4.78, 5) is 41.7. The van der Waals surface area contributed by atoms with Gasteiger partial charge in [-0.15, -0.1) is 0 Å². The van der Waals surface area contributed by atoms with E-state index in [1.165, 1.54) is 25.3 Å². The van der Waals surface area contributed by atoms with E-state index in [0.29, 0.717) is 34.0 Å². The molecular formula is C25H23N3O6. The van der Waals surface area contributed by atoms with Crippen molar-refractivity contribution in [3.05, 3.63) is 86.7 Å². The number of fused-ring (bicyclic) bond motifs is 1. The lowest BCUT2D eigenvalue weighted by Crippen LogP contribution is -2.42. The first kappa shape index (κ1) is 22.9. The average molecular weight is 461 g/mol. The van der Waals surface area contributed by atoms with E-state index in [9.17, 15) is 19.7 Å². The molecule has 0 radical (unpaired) electrons. The van der Waals surface area contributed by atoms with Crippen LogP contribution in [0.1, 0.15) is 30.9 Å². The maximum Gasteiger partial charge on any atom is 0.336 e. The molecular weight excluding hydrogens is 438 g/mol. The largest absolute Gasteiger partial charge is 0.496 e. The van der Waals surface area contributed by atoms with Gasteiger partial charge in [0.2, 0.25) is 0 Å². The van der Waals surface area contributed by atoms with Crippen molar-refractivity contribution in [2.45, 2.75) is 19.8 Å². The minimum atomic E-state index is -0.802. The van der Waals surface area contributed by atoms with Gasteiger partial charge in [0.05, 0.1) is 30.1 Å². The smallest absolute Gasteiger partial charge is 0.336 e. The number of nitro groups is 1. The second-order valence-corrected chi connectivity index (χ2v) is 7.82. The van der Waals surface area contributed by atoms with Crippen molar-refractivity contribution in [1.29, 1.82) is 0 Å². The van der Waals surface area contributed by atoms with Crippen molar-refractivity contribution < 1.29 is 24.0 Å². The van der Waals surface area contributed by atoms with Crippen molar-refractivity contribution in [1.82, 2.24) is 5.32 Å². The number of nitrogens with zero attached hydrogens (tertiary/aromatic N) is 2. The van der Waals surface area contributed by atoms with Crippen LogP contribution in [0.5, 0.6) is 5.75 Å². The Hall–Kier alpha value is -4.27. The number of nitro benzene ring substituents is 1. The molecule has 0 aliphatic carbocycles. The van der Waals surface area contributed by atoms with Crippen molar-refractivity contribution >= 4 is 29.4 Å². The topological polar surface area (TPSA) is 120 Å². The predicted octanol–water partition coefficient (Wildman–Crippen LogP) is 3.77. The molecule has 2 aromatic carbocycles. The molecule has 0 bridgehead atoms. The van der Waals surface area contributed by atoms with Crippen LogP contribution in [0.3, 0.4) is 0 Å². The van der Waals surface area contributed by atoms with Crippen molar-refractivity contribution in [3.63, 3.8) is 0 Å². The summed E-state index contributed by atoms with van der Waals surface area (Å²) in [6, 6.07) is 13.2. The number of ether oxygens (including phenoxy) is 2. The van der Waals surface area contributed by atoms with E-state index in [2.05, 4.69) is 10.3 Å². The summed E-state index contributed by atoms with van der Waals surface area (Å²) in [6.45, 7) is 3.64. The fourth-order valence-electron chi connectivity index (χ4n) is 4.35. The van der Waals surface area contributed by atoms with E-state index < -0.39 is 22.7 Å². The quantitative estimate of drug-likeness (QED) is 0.301. The fraction of sp³-hybridized carbons (Fsp3) is 0.240. The molecule has 2 aliphatic heterocycles. The highest BCUT2D eigenvalue weighted by atomic mass is 16.6. The van der Waals surface area contributed by atoms with E-state index in [1.54, 1.807) is 32.0 Å². The van der Waals surface area contributed by atoms with Gasteiger partial charge >= 0.3 is 5.97 Å². The normalized spacial score (nSPS) is 20.5. The minimum absolute atomic E-state index is 0.0861. The summed E-state index contributed by atoms with van der Waals surface area (Å²) in [6.07, 6.45) is 1.51. The highest BCUT2D eigenvalue weighted by Crippen LogP contribution is 2.45. The molecule has 0 saturated carbocycles. The molecule has 34 heavy (non-hydrogen) atoms. The summed E-state index contributed by atoms with van der Waals surface area (Å²) < 4.78 is 10.9. The first-order valence-electron chi connectivity index (χ1n) is 10.7. The summed E-state index contributed by atoms with van der Waals surface area (Å²) in [5.74, 6) is -1.37. The first-order valence-corrected chi connectivity index (χ1v) is 10.7. The first-order chi connectivity index (χ1) is 16.3. The zero-order valence-electron chi connectivity index (χ0n) is 18.9. The maximum absolute atomic E-state index is 13.6. The predicted molar refractivity (Wildman–Crippen MR) is 125 cm³/mol. The number of carbonyl (C=O) groups excluding carboxylic acids is 2. The molecule has 2 heterocycles. The number of nitrogens with one attached hydrogen (secondary N) is 1. The summed E-state index contributed by atoms with van der Waals surface area (Å²) in [5.41, 5.74) is 2.07. The van der Waals surface area contributed by atoms with Gasteiger partial charge < -0.3 is 14.8 Å². The SMILES string of the molecule is CCOC(=O)C1=C(C)NC2=N/C(=C\c3cccc([N+](=O)[O-])c3)C(=O)C2C1c1ccccc1OC. The Morgan fingerprint density at radius 3 is 2.68 bits per heavy atom. The van der Waals surface area contributed by atoms with Crippen molar-refractivity contribution in [2.75, 3.05) is 13.7 Å². The molecule has 174 valence electrons. The molecule has 2 unspecified atom stereocenters. The van der Waals surface area contributed by atoms with Gasteiger partial charge in [-0.25, -0.2) is 9.79 Å². The van der Waals surface area contributed by atoms with Crippen molar-refractivity contribution in [3.8, 4) is 5.75 Å². The number of para-hydroxylation sites is 1. The molecule has 0 spiro atoms. The summed E-state index contributed by atoms with van der Waals surface area (Å²) in [7, 11) is 1.53. The lowest BCUT2D eigenvalue weighted by molar-refractivity contribution is -0.384. The van der Waals surface area contributed by atoms with Crippen LogP contribution >= 0.6 is 0 Å². The van der Waals surface area contributed by atoms with Gasteiger partial charge in [-0.3, -0.25) is 14.9 Å². The van der Waals surface area contributed by atoms with Gasteiger partial charge in [-0.05, 0) is 31.6 Å². The van der Waals surface area contributed by atoms with Crippen molar-refractivity contribution in [2.24, 2.45) is 10.9 Å². The number of rotatable bonds is 6. The molecule has 9 heteroatoms. The Bertz CT molecular complexity index is 1280. The van der Waals surface area contributed by atoms with E-state index in [4.69, 9.17) is 9.47 Å². The molecule has 0 amide bonds. The molecule has 0 aromatic heterocycles. The zero-order chi connectivity index (χ0) is 24.4. The molecule has 2 atom stereocenters. The lowest BCUT2D eigenvalue weighted by atomic mass is 9.75. The monoisotopic (exact) mass is 461 g/mol. The van der Waals surface area contributed by atoms with E-state index >= 15 is 0 Å². The maximum atomic E-state index is 13.6. The molecule has 2 aromatic rings. The Morgan fingerprint density at radius 2 is 1.97 bits per heavy atom. The Balaban J connectivity index is 1.83. The number of hydrogen-bond donors (Lipinski definition) is 1. The van der Waals surface area contributed by atoms with Gasteiger partial charge in [0.1, 0.15) is 17.3 Å². The third kappa shape index (κ3) is 4.07. The standard InChI is InChI=1S/C25H23N3O6/c1-4-34-25(30)20-14(2)26-24-22(21(20)17-10-5-6-11-19(17)33-3)23(29)18(27-24)13-15-8-7-9-16(12-15)28(31)32/h5-13,21-22H,4H2,1-3H3,(H,26,27)/b18-13-. The van der Waals surface area contributed by atoms with Gasteiger partial charge in [0.15, 0.2) is 5.78 Å². The van der Waals surface area contributed by atoms with Crippen LogP contribution in [0.25, 0.3) is 6.08 Å². The molecule has 2 aliphatic rings. The number of methoxy groups -OCH3 is 1. The molecule has 4 rings (SSSR count). The van der Waals surface area contributed by atoms with Crippen LogP contribution < -0.4 is 10.1 Å². The third-order valence-electron chi connectivity index (χ3n) is 5.79. The second-order valence-electron chi connectivity index (χ2n) is 7.82. The van der Waals surface area contributed by atoms with Crippen LogP contribution in [-0.4, -0.2) is 36.2 Å². The Labute approximate surface area is 195 Å². The fourth-order valence-corrected chi connectivity index (χ4v) is 4.35. The number of amidine groups is 1. The molecule has 0 fully saturated rings. The second kappa shape index (κ2) is 9.30. The van der Waals surface area contributed by atoms with Crippen LogP contribution in [0.4, 0.5) is 5.69 Å². The molecule has 1 N–H and O–H groups in total. The number of esters is 1. The third-order valence-corrected chi connectivity index (χ3v) is 5.79. The number of Topliss-reactive ketones (excluding diaryl/α,β-unsaturated/α-hetero) is 1. The average Bonchev–Trinajstić information content (AvgIpc) is 3.12. The zero-order valence-corrected chi connectivity index (χ0v) is 18.9. The minimum Gasteiger partial charge on any atom is -0.496 e. The molecule has 9 nitrogen and oxygen atoms in total. The number of aliphatic imine (C=N–C) groups is 1. The van der Waals surface area contributed by atoms with E-state index in [1.807, 2.05) is 18.2 Å². The highest BCUT2D eigenvalue weighted by molar-refractivity contribution is 6.21. The summed E-state index contributed by atoms with van der Waals surface area (Å²) in [5, 5.41) is 14.2. The number of non-ortho nitro benzene ring substituents is 1. The Morgan fingerprint density at radius 1 is 1.21 bits per heavy atom. The number of hydrogen-bond acceptors (Lipinski definition) is 8. The Kier molecular flexibility index (Phi) is 6.27. The van der Waals surface area contributed by atoms with Gasteiger partial charge in [-0.1, -0.05) is 30.3 Å². The molecule has 0 saturated heterocycles. The van der Waals surface area contributed by atoms with Crippen LogP contribution in [0.15, 0.2) is 70.5 Å². The summed E-state index contributed by atoms with van der Waals surface area (Å²) >= 11 is 0. The van der Waals surface area contributed by atoms with Crippen LogP contribution in [0.2, 0.25) is 0 Å².